The summed E-state index contributed by atoms with van der Waals surface area (Å²) < 4.78 is 0. The Bertz CT molecular complexity index is 616. The molecule has 0 amide bonds. The highest BCUT2D eigenvalue weighted by Crippen LogP contribution is 2.36. The Labute approximate surface area is 106 Å². The van der Waals surface area contributed by atoms with Crippen LogP contribution in [0.4, 0.5) is 0 Å². The van der Waals surface area contributed by atoms with Crippen LogP contribution in [-0.2, 0) is 0 Å². The van der Waals surface area contributed by atoms with Crippen molar-refractivity contribution in [2.75, 3.05) is 0 Å². The maximum Gasteiger partial charge on any atom is 0.158 e. The molecule has 94 valence electrons. The second kappa shape index (κ2) is 4.26. The van der Waals surface area contributed by atoms with Crippen LogP contribution in [0.1, 0.15) is 16.7 Å². The molecule has 0 saturated heterocycles. The van der Waals surface area contributed by atoms with Crippen molar-refractivity contribution >= 4 is 0 Å². The van der Waals surface area contributed by atoms with E-state index in [-0.39, 0.29) is 17.2 Å². The summed E-state index contributed by atoms with van der Waals surface area (Å²) in [5.41, 5.74) is 4.55. The van der Waals surface area contributed by atoms with Crippen LogP contribution in [0.25, 0.3) is 11.1 Å². The molecule has 0 aromatic heterocycles. The van der Waals surface area contributed by atoms with E-state index in [4.69, 9.17) is 0 Å². The van der Waals surface area contributed by atoms with Crippen LogP contribution in [-0.4, -0.2) is 15.3 Å². The molecule has 0 radical (unpaired) electrons. The van der Waals surface area contributed by atoms with Crippen LogP contribution in [0.3, 0.4) is 0 Å². The molecule has 18 heavy (non-hydrogen) atoms. The van der Waals surface area contributed by atoms with Gasteiger partial charge >= 0.3 is 0 Å². The van der Waals surface area contributed by atoms with E-state index in [2.05, 4.69) is 0 Å². The van der Waals surface area contributed by atoms with Crippen LogP contribution in [0.15, 0.2) is 24.3 Å². The van der Waals surface area contributed by atoms with E-state index in [0.717, 1.165) is 27.8 Å². The molecule has 0 bridgehead atoms. The van der Waals surface area contributed by atoms with Crippen molar-refractivity contribution in [1.82, 2.24) is 0 Å². The molecule has 0 aliphatic carbocycles. The molecule has 0 heterocycles. The van der Waals surface area contributed by atoms with Gasteiger partial charge in [0, 0.05) is 0 Å². The fourth-order valence-electron chi connectivity index (χ4n) is 2.02. The molecule has 0 fully saturated rings. The number of benzene rings is 2. The lowest BCUT2D eigenvalue weighted by molar-refractivity contribution is 0.404. The average Bonchev–Trinajstić information content (AvgIpc) is 2.35. The molecule has 2 rings (SSSR count). The van der Waals surface area contributed by atoms with Crippen molar-refractivity contribution in [2.45, 2.75) is 20.8 Å². The smallest absolute Gasteiger partial charge is 0.158 e. The molecule has 0 unspecified atom stereocenters. The minimum Gasteiger partial charge on any atom is -0.508 e. The summed E-state index contributed by atoms with van der Waals surface area (Å²) in [4.78, 5) is 0. The van der Waals surface area contributed by atoms with Gasteiger partial charge in [-0.15, -0.1) is 0 Å². The minimum atomic E-state index is -0.162. The summed E-state index contributed by atoms with van der Waals surface area (Å²) >= 11 is 0. The third kappa shape index (κ3) is 1.88. The van der Waals surface area contributed by atoms with Gasteiger partial charge in [-0.25, -0.2) is 0 Å². The van der Waals surface area contributed by atoms with Gasteiger partial charge in [-0.3, -0.25) is 0 Å². The lowest BCUT2D eigenvalue weighted by Gasteiger charge is -2.14. The SMILES string of the molecule is Cc1c(O)cc(-c2ccc(O)c(O)c2)c(C)c1C. The first-order valence-corrected chi connectivity index (χ1v) is 5.74. The van der Waals surface area contributed by atoms with Crippen molar-refractivity contribution in [3.05, 3.63) is 41.0 Å². The molecule has 0 spiro atoms. The highest BCUT2D eigenvalue weighted by molar-refractivity contribution is 5.73. The monoisotopic (exact) mass is 244 g/mol. The maximum atomic E-state index is 9.88. The first-order chi connectivity index (χ1) is 8.41. The molecule has 0 atom stereocenters. The zero-order valence-electron chi connectivity index (χ0n) is 10.7. The van der Waals surface area contributed by atoms with Crippen LogP contribution >= 0.6 is 0 Å². The van der Waals surface area contributed by atoms with Crippen LogP contribution in [0, 0.1) is 20.8 Å². The van der Waals surface area contributed by atoms with E-state index in [1.165, 1.54) is 12.1 Å². The second-order valence-corrected chi connectivity index (χ2v) is 4.52. The van der Waals surface area contributed by atoms with E-state index in [9.17, 15) is 15.3 Å². The van der Waals surface area contributed by atoms with Gasteiger partial charge in [0.25, 0.3) is 0 Å². The molecule has 0 aliphatic heterocycles. The highest BCUT2D eigenvalue weighted by Gasteiger charge is 2.11. The van der Waals surface area contributed by atoms with Gasteiger partial charge in [-0.2, -0.15) is 0 Å². The van der Waals surface area contributed by atoms with E-state index in [1.54, 1.807) is 12.1 Å². The zero-order valence-corrected chi connectivity index (χ0v) is 10.7. The molecular weight excluding hydrogens is 228 g/mol. The predicted octanol–water partition coefficient (Wildman–Crippen LogP) is 3.40. The second-order valence-electron chi connectivity index (χ2n) is 4.52. The van der Waals surface area contributed by atoms with Crippen LogP contribution in [0.5, 0.6) is 17.2 Å². The molecule has 3 N–H and O–H groups in total. The van der Waals surface area contributed by atoms with E-state index >= 15 is 0 Å². The van der Waals surface area contributed by atoms with Crippen molar-refractivity contribution in [2.24, 2.45) is 0 Å². The van der Waals surface area contributed by atoms with E-state index < -0.39 is 0 Å². The summed E-state index contributed by atoms with van der Waals surface area (Å²) in [6.07, 6.45) is 0. The average molecular weight is 244 g/mol. The lowest BCUT2D eigenvalue weighted by atomic mass is 9.93. The number of aromatic hydroxyl groups is 3. The normalized spacial score (nSPS) is 10.6. The van der Waals surface area contributed by atoms with E-state index in [0.29, 0.717) is 0 Å². The van der Waals surface area contributed by atoms with Crippen LogP contribution < -0.4 is 0 Å². The molecule has 2 aromatic carbocycles. The fourth-order valence-corrected chi connectivity index (χ4v) is 2.02. The molecule has 3 heteroatoms. The van der Waals surface area contributed by atoms with Gasteiger partial charge in [0.1, 0.15) is 5.75 Å². The first kappa shape index (κ1) is 12.3. The molecular formula is C15H16O3. The number of hydrogen-bond acceptors (Lipinski definition) is 3. The van der Waals surface area contributed by atoms with Gasteiger partial charge in [0.05, 0.1) is 0 Å². The third-order valence-electron chi connectivity index (χ3n) is 3.48. The predicted molar refractivity (Wildman–Crippen MR) is 71.1 cm³/mol. The molecule has 2 aromatic rings. The third-order valence-corrected chi connectivity index (χ3v) is 3.48. The maximum absolute atomic E-state index is 9.88. The van der Waals surface area contributed by atoms with Gasteiger partial charge in [-0.05, 0) is 66.8 Å². The summed E-state index contributed by atoms with van der Waals surface area (Å²) in [5.74, 6) is -0.0743. The Morgan fingerprint density at radius 1 is 0.667 bits per heavy atom. The highest BCUT2D eigenvalue weighted by atomic mass is 16.3. The Kier molecular flexibility index (Phi) is 2.91. The summed E-state index contributed by atoms with van der Waals surface area (Å²) in [7, 11) is 0. The largest absolute Gasteiger partial charge is 0.508 e. The number of phenols is 3. The quantitative estimate of drug-likeness (QED) is 0.674. The van der Waals surface area contributed by atoms with Crippen molar-refractivity contribution in [3.8, 4) is 28.4 Å². The Balaban J connectivity index is 2.67. The topological polar surface area (TPSA) is 60.7 Å². The zero-order chi connectivity index (χ0) is 13.4. The van der Waals surface area contributed by atoms with Gasteiger partial charge in [0.15, 0.2) is 11.5 Å². The molecule has 0 aliphatic rings. The summed E-state index contributed by atoms with van der Waals surface area (Å²) in [6, 6.07) is 6.33. The fraction of sp³-hybridized carbons (Fsp3) is 0.200. The van der Waals surface area contributed by atoms with Crippen molar-refractivity contribution < 1.29 is 15.3 Å². The van der Waals surface area contributed by atoms with Crippen molar-refractivity contribution in [3.63, 3.8) is 0 Å². The summed E-state index contributed by atoms with van der Waals surface area (Å²) in [5, 5.41) is 28.7. The first-order valence-electron chi connectivity index (χ1n) is 5.74. The van der Waals surface area contributed by atoms with Crippen molar-refractivity contribution in [1.29, 1.82) is 0 Å². The lowest BCUT2D eigenvalue weighted by Crippen LogP contribution is -1.92. The summed E-state index contributed by atoms with van der Waals surface area (Å²) in [6.45, 7) is 5.80. The van der Waals surface area contributed by atoms with Gasteiger partial charge in [0.2, 0.25) is 0 Å². The number of rotatable bonds is 1. The standard InChI is InChI=1S/C15H16O3/c1-8-9(2)12(7-14(17)10(8)3)11-4-5-13(16)15(18)6-11/h4-7,16-18H,1-3H3. The Morgan fingerprint density at radius 2 is 1.33 bits per heavy atom. The Hall–Kier alpha value is -2.16. The van der Waals surface area contributed by atoms with Gasteiger partial charge in [-0.1, -0.05) is 6.07 Å². The Morgan fingerprint density at radius 3 is 1.94 bits per heavy atom. The van der Waals surface area contributed by atoms with Crippen LogP contribution in [0.2, 0.25) is 0 Å². The number of phenolic OH excluding ortho intramolecular Hbond substituents is 3. The van der Waals surface area contributed by atoms with E-state index in [1.807, 2.05) is 20.8 Å². The minimum absolute atomic E-state index is 0.149. The molecule has 0 saturated carbocycles. The molecule has 3 nitrogen and oxygen atoms in total. The number of hydrogen-bond donors (Lipinski definition) is 3. The van der Waals surface area contributed by atoms with Gasteiger partial charge < -0.3 is 15.3 Å².